The molecule has 0 spiro atoms. The predicted molar refractivity (Wildman–Crippen MR) is 110 cm³/mol. The third-order valence-electron chi connectivity index (χ3n) is 9.10. The van der Waals surface area contributed by atoms with E-state index in [1.54, 1.807) is 0 Å². The Hall–Kier alpha value is -0.600. The molecule has 0 aromatic rings. The maximum Gasteiger partial charge on any atom is 0.219 e. The molecule has 0 aromatic heterocycles. The fourth-order valence-electron chi connectivity index (χ4n) is 7.76. The van der Waals surface area contributed by atoms with Crippen LogP contribution in [0, 0.1) is 45.6 Å². The normalized spacial score (nSPS) is 37.9. The average Bonchev–Trinajstić information content (AvgIpc) is 2.74. The van der Waals surface area contributed by atoms with Gasteiger partial charge in [-0.05, 0) is 62.2 Å². The topological polar surface area (TPSA) is 43.1 Å². The van der Waals surface area contributed by atoms with Gasteiger partial charge in [-0.3, -0.25) is 10.1 Å². The second-order valence-corrected chi connectivity index (χ2v) is 10.5. The van der Waals surface area contributed by atoms with Crippen LogP contribution in [-0.2, 0) is 0 Å². The van der Waals surface area contributed by atoms with Crippen LogP contribution in [0.1, 0.15) is 109 Å². The highest BCUT2D eigenvalue weighted by Gasteiger charge is 2.51. The minimum absolute atomic E-state index is 0.204. The fourth-order valence-corrected chi connectivity index (χ4v) is 7.76. The van der Waals surface area contributed by atoms with Crippen molar-refractivity contribution in [1.29, 1.82) is 0 Å². The smallest absolute Gasteiger partial charge is 0.219 e. The first-order chi connectivity index (χ1) is 13.2. The summed E-state index contributed by atoms with van der Waals surface area (Å²) < 4.78 is 0. The molecule has 0 bridgehead atoms. The Balaban J connectivity index is 1.58. The van der Waals surface area contributed by atoms with Crippen LogP contribution in [0.25, 0.3) is 0 Å². The van der Waals surface area contributed by atoms with E-state index in [9.17, 15) is 10.1 Å². The van der Waals surface area contributed by atoms with E-state index in [1.165, 1.54) is 109 Å². The van der Waals surface area contributed by atoms with Gasteiger partial charge in [0.1, 0.15) is 0 Å². The molecule has 0 aliphatic heterocycles. The van der Waals surface area contributed by atoms with Gasteiger partial charge >= 0.3 is 0 Å². The van der Waals surface area contributed by atoms with Crippen LogP contribution < -0.4 is 0 Å². The number of rotatable bonds is 4. The Labute approximate surface area is 166 Å². The third kappa shape index (κ3) is 4.53. The monoisotopic (exact) mass is 375 g/mol. The van der Waals surface area contributed by atoms with Crippen LogP contribution in [0.5, 0.6) is 0 Å². The van der Waals surface area contributed by atoms with Gasteiger partial charge in [-0.25, -0.2) is 0 Å². The lowest BCUT2D eigenvalue weighted by molar-refractivity contribution is -0.551. The number of nitrogens with zero attached hydrogens (tertiary/aromatic N) is 1. The molecule has 4 aliphatic carbocycles. The Bertz CT molecular complexity index is 447. The van der Waals surface area contributed by atoms with Crippen LogP contribution in [0.2, 0.25) is 0 Å². The lowest BCUT2D eigenvalue weighted by Gasteiger charge is -2.47. The zero-order valence-electron chi connectivity index (χ0n) is 17.3. The molecule has 0 aromatic carbocycles. The summed E-state index contributed by atoms with van der Waals surface area (Å²) in [5, 5.41) is 12.3. The minimum Gasteiger partial charge on any atom is -0.264 e. The molecule has 0 amide bonds. The summed E-state index contributed by atoms with van der Waals surface area (Å²) in [5.74, 6) is 3.73. The summed E-state index contributed by atoms with van der Waals surface area (Å²) in [6, 6.07) is -0.226. The van der Waals surface area contributed by atoms with Crippen molar-refractivity contribution >= 4 is 0 Å². The van der Waals surface area contributed by atoms with E-state index < -0.39 is 0 Å². The second kappa shape index (κ2) is 9.27. The molecule has 4 rings (SSSR count). The Morgan fingerprint density at radius 2 is 0.889 bits per heavy atom. The number of hydrogen-bond acceptors (Lipinski definition) is 2. The molecule has 0 radical (unpaired) electrons. The molecular weight excluding hydrogens is 334 g/mol. The Kier molecular flexibility index (Phi) is 6.76. The van der Waals surface area contributed by atoms with Crippen molar-refractivity contribution in [3.05, 3.63) is 10.1 Å². The molecule has 2 unspecified atom stereocenters. The van der Waals surface area contributed by atoms with Crippen LogP contribution in [0.4, 0.5) is 0 Å². The van der Waals surface area contributed by atoms with Crippen LogP contribution in [0.3, 0.4) is 0 Å². The van der Waals surface area contributed by atoms with Gasteiger partial charge < -0.3 is 0 Å². The molecule has 3 nitrogen and oxygen atoms in total. The molecule has 154 valence electrons. The molecule has 0 heterocycles. The van der Waals surface area contributed by atoms with Crippen molar-refractivity contribution in [2.24, 2.45) is 35.5 Å². The predicted octanol–water partition coefficient (Wildman–Crippen LogP) is 7.02. The molecule has 3 heteroatoms. The lowest BCUT2D eigenvalue weighted by atomic mass is 9.57. The standard InChI is InChI=1S/C24H41NO2/c26-25(27)24-22(19-12-6-2-7-13-19)16-21(18-10-4-1-5-11-18)17-23(24)20-14-8-3-9-15-20/h18-24H,1-17H2. The second-order valence-electron chi connectivity index (χ2n) is 10.5. The van der Waals surface area contributed by atoms with Crippen molar-refractivity contribution in [2.75, 3.05) is 0 Å². The van der Waals surface area contributed by atoms with E-state index in [4.69, 9.17) is 0 Å². The first kappa shape index (κ1) is 19.7. The summed E-state index contributed by atoms with van der Waals surface area (Å²) in [6.07, 6.45) is 22.4. The Morgan fingerprint density at radius 1 is 0.519 bits per heavy atom. The molecule has 0 saturated heterocycles. The molecule has 4 fully saturated rings. The van der Waals surface area contributed by atoms with E-state index in [0.29, 0.717) is 23.7 Å². The van der Waals surface area contributed by atoms with Crippen molar-refractivity contribution in [2.45, 2.75) is 115 Å². The zero-order chi connectivity index (χ0) is 18.6. The zero-order valence-corrected chi connectivity index (χ0v) is 17.3. The van der Waals surface area contributed by atoms with Crippen LogP contribution in [0.15, 0.2) is 0 Å². The number of hydrogen-bond donors (Lipinski definition) is 0. The first-order valence-corrected chi connectivity index (χ1v) is 12.4. The van der Waals surface area contributed by atoms with Gasteiger partial charge in [-0.1, -0.05) is 70.6 Å². The summed E-state index contributed by atoms with van der Waals surface area (Å²) >= 11 is 0. The highest BCUT2D eigenvalue weighted by atomic mass is 16.6. The summed E-state index contributed by atoms with van der Waals surface area (Å²) in [7, 11) is 0. The maximum absolute atomic E-state index is 12.3. The van der Waals surface area contributed by atoms with E-state index in [0.717, 1.165) is 11.8 Å². The van der Waals surface area contributed by atoms with Gasteiger partial charge in [0.05, 0.1) is 0 Å². The lowest BCUT2D eigenvalue weighted by Crippen LogP contribution is -2.50. The van der Waals surface area contributed by atoms with Crippen molar-refractivity contribution in [1.82, 2.24) is 0 Å². The van der Waals surface area contributed by atoms with Crippen LogP contribution >= 0.6 is 0 Å². The average molecular weight is 376 g/mol. The van der Waals surface area contributed by atoms with Gasteiger partial charge in [-0.2, -0.15) is 0 Å². The van der Waals surface area contributed by atoms with E-state index in [1.807, 2.05) is 0 Å². The maximum atomic E-state index is 12.3. The Morgan fingerprint density at radius 3 is 1.26 bits per heavy atom. The molecular formula is C24H41NO2. The molecule has 4 aliphatic rings. The molecule has 4 saturated carbocycles. The van der Waals surface area contributed by atoms with E-state index >= 15 is 0 Å². The van der Waals surface area contributed by atoms with Crippen molar-refractivity contribution in [3.8, 4) is 0 Å². The largest absolute Gasteiger partial charge is 0.264 e. The highest BCUT2D eigenvalue weighted by molar-refractivity contribution is 4.95. The molecule has 2 atom stereocenters. The van der Waals surface area contributed by atoms with E-state index in [2.05, 4.69) is 0 Å². The summed E-state index contributed by atoms with van der Waals surface area (Å²) in [6.45, 7) is 0. The summed E-state index contributed by atoms with van der Waals surface area (Å²) in [4.78, 5) is 12.6. The van der Waals surface area contributed by atoms with Gasteiger partial charge in [0.2, 0.25) is 6.04 Å². The fraction of sp³-hybridized carbons (Fsp3) is 1.00. The van der Waals surface area contributed by atoms with Crippen molar-refractivity contribution < 1.29 is 4.92 Å². The SMILES string of the molecule is O=[N+]([O-])C1C(C2CCCCC2)CC(C2CCCCC2)CC1C1CCCCC1. The van der Waals surface area contributed by atoms with Crippen LogP contribution in [-0.4, -0.2) is 11.0 Å². The quantitative estimate of drug-likeness (QED) is 0.391. The summed E-state index contributed by atoms with van der Waals surface area (Å²) in [5.41, 5.74) is 0. The number of nitro groups is 1. The first-order valence-electron chi connectivity index (χ1n) is 12.4. The van der Waals surface area contributed by atoms with E-state index in [-0.39, 0.29) is 11.0 Å². The van der Waals surface area contributed by atoms with Gasteiger partial charge in [0.15, 0.2) is 0 Å². The van der Waals surface area contributed by atoms with Gasteiger partial charge in [-0.15, -0.1) is 0 Å². The van der Waals surface area contributed by atoms with Gasteiger partial charge in [0.25, 0.3) is 0 Å². The van der Waals surface area contributed by atoms with Gasteiger partial charge in [0, 0.05) is 16.8 Å². The highest BCUT2D eigenvalue weighted by Crippen LogP contribution is 2.51. The molecule has 27 heavy (non-hydrogen) atoms. The van der Waals surface area contributed by atoms with Crippen molar-refractivity contribution in [3.63, 3.8) is 0 Å². The molecule has 0 N–H and O–H groups in total. The minimum atomic E-state index is -0.226. The third-order valence-corrected chi connectivity index (χ3v) is 9.10.